The standard InChI is InChI=1S/C25H26F3N3O5/c1-4-33-19-11-16(12-20(34-5-2)21(19)35-6-3)24(32)31-13-17(14-31)23-29-22(30-36-23)15-8-7-9-18(10-15)25(26,27)28/h7-12,17H,4-6,13-14H2,1-3H3. The first-order valence-corrected chi connectivity index (χ1v) is 11.6. The van der Waals surface area contributed by atoms with Crippen molar-refractivity contribution in [1.29, 1.82) is 0 Å². The highest BCUT2D eigenvalue weighted by Crippen LogP contribution is 2.40. The summed E-state index contributed by atoms with van der Waals surface area (Å²) >= 11 is 0. The maximum absolute atomic E-state index is 13.1. The first-order valence-electron chi connectivity index (χ1n) is 11.6. The number of halogens is 3. The molecular weight excluding hydrogens is 479 g/mol. The van der Waals surface area contributed by atoms with Crippen LogP contribution in [0.25, 0.3) is 11.4 Å². The van der Waals surface area contributed by atoms with Crippen molar-refractivity contribution in [2.75, 3.05) is 32.9 Å². The normalized spacial score (nSPS) is 13.9. The van der Waals surface area contributed by atoms with Crippen LogP contribution in [-0.2, 0) is 6.18 Å². The molecule has 192 valence electrons. The molecule has 0 unspecified atom stereocenters. The Bertz CT molecular complexity index is 1190. The van der Waals surface area contributed by atoms with E-state index in [-0.39, 0.29) is 29.1 Å². The summed E-state index contributed by atoms with van der Waals surface area (Å²) in [5.74, 6) is 1.18. The number of rotatable bonds is 9. The largest absolute Gasteiger partial charge is 0.490 e. The summed E-state index contributed by atoms with van der Waals surface area (Å²) < 4.78 is 61.4. The number of carbonyl (C=O) groups is 1. The predicted molar refractivity (Wildman–Crippen MR) is 123 cm³/mol. The molecule has 4 rings (SSSR count). The third kappa shape index (κ3) is 5.24. The number of amides is 1. The van der Waals surface area contributed by atoms with Gasteiger partial charge >= 0.3 is 6.18 Å². The summed E-state index contributed by atoms with van der Waals surface area (Å²) in [5, 5.41) is 3.83. The summed E-state index contributed by atoms with van der Waals surface area (Å²) in [7, 11) is 0. The van der Waals surface area contributed by atoms with Crippen LogP contribution < -0.4 is 14.2 Å². The minimum Gasteiger partial charge on any atom is -0.490 e. The third-order valence-electron chi connectivity index (χ3n) is 5.56. The lowest BCUT2D eigenvalue weighted by molar-refractivity contribution is -0.137. The molecule has 11 heteroatoms. The molecular formula is C25H26F3N3O5. The number of ether oxygens (including phenoxy) is 3. The Labute approximate surface area is 205 Å². The van der Waals surface area contributed by atoms with Crippen molar-refractivity contribution in [3.8, 4) is 28.6 Å². The van der Waals surface area contributed by atoms with Gasteiger partial charge in [0.1, 0.15) is 0 Å². The van der Waals surface area contributed by atoms with E-state index in [1.165, 1.54) is 12.1 Å². The molecule has 1 fully saturated rings. The number of aromatic nitrogens is 2. The predicted octanol–water partition coefficient (Wildman–Crippen LogP) is 5.19. The topological polar surface area (TPSA) is 86.9 Å². The van der Waals surface area contributed by atoms with Crippen molar-refractivity contribution >= 4 is 5.91 Å². The average Bonchev–Trinajstić information content (AvgIpc) is 3.29. The molecule has 1 aliphatic rings. The van der Waals surface area contributed by atoms with E-state index in [1.807, 2.05) is 20.8 Å². The Morgan fingerprint density at radius 1 is 1.03 bits per heavy atom. The van der Waals surface area contributed by atoms with E-state index < -0.39 is 11.7 Å². The molecule has 0 radical (unpaired) electrons. The molecule has 0 saturated carbocycles. The molecule has 0 atom stereocenters. The van der Waals surface area contributed by atoms with E-state index in [0.29, 0.717) is 55.7 Å². The first kappa shape index (κ1) is 25.3. The fourth-order valence-electron chi connectivity index (χ4n) is 3.85. The number of benzene rings is 2. The number of hydrogen-bond donors (Lipinski definition) is 0. The van der Waals surface area contributed by atoms with E-state index in [4.69, 9.17) is 18.7 Å². The van der Waals surface area contributed by atoms with Gasteiger partial charge in [-0.15, -0.1) is 0 Å². The van der Waals surface area contributed by atoms with Gasteiger partial charge in [-0.3, -0.25) is 4.79 Å². The second kappa shape index (κ2) is 10.5. The zero-order valence-electron chi connectivity index (χ0n) is 20.1. The van der Waals surface area contributed by atoms with Crippen LogP contribution in [0.5, 0.6) is 17.2 Å². The van der Waals surface area contributed by atoms with Crippen LogP contribution in [0.1, 0.15) is 48.5 Å². The summed E-state index contributed by atoms with van der Waals surface area (Å²) in [6, 6.07) is 7.99. The third-order valence-corrected chi connectivity index (χ3v) is 5.56. The zero-order chi connectivity index (χ0) is 25.9. The van der Waals surface area contributed by atoms with Gasteiger partial charge in [-0.05, 0) is 45.0 Å². The highest BCUT2D eigenvalue weighted by molar-refractivity contribution is 5.96. The van der Waals surface area contributed by atoms with Crippen LogP contribution in [0.3, 0.4) is 0 Å². The van der Waals surface area contributed by atoms with Gasteiger partial charge in [-0.2, -0.15) is 18.2 Å². The van der Waals surface area contributed by atoms with Crippen molar-refractivity contribution in [2.24, 2.45) is 0 Å². The number of likely N-dealkylation sites (tertiary alicyclic amines) is 1. The van der Waals surface area contributed by atoms with E-state index in [0.717, 1.165) is 12.1 Å². The van der Waals surface area contributed by atoms with Crippen LogP contribution in [0.4, 0.5) is 13.2 Å². The fourth-order valence-corrected chi connectivity index (χ4v) is 3.85. The first-order chi connectivity index (χ1) is 17.2. The number of nitrogens with zero attached hydrogens (tertiary/aromatic N) is 3. The SMILES string of the molecule is CCOc1cc(C(=O)N2CC(c3nc(-c4cccc(C(F)(F)F)c4)no3)C2)cc(OCC)c1OCC. The lowest BCUT2D eigenvalue weighted by atomic mass is 9.98. The van der Waals surface area contributed by atoms with Gasteiger partial charge in [-0.25, -0.2) is 0 Å². The Hall–Kier alpha value is -3.76. The van der Waals surface area contributed by atoms with E-state index in [9.17, 15) is 18.0 Å². The summed E-state index contributed by atoms with van der Waals surface area (Å²) in [6.07, 6.45) is -4.47. The maximum Gasteiger partial charge on any atom is 0.416 e. The van der Waals surface area contributed by atoms with Gasteiger partial charge in [0.15, 0.2) is 11.5 Å². The number of carbonyl (C=O) groups excluding carboxylic acids is 1. The molecule has 0 spiro atoms. The van der Waals surface area contributed by atoms with Crippen molar-refractivity contribution in [3.63, 3.8) is 0 Å². The molecule has 1 saturated heterocycles. The van der Waals surface area contributed by atoms with Crippen LogP contribution in [0, 0.1) is 0 Å². The fraction of sp³-hybridized carbons (Fsp3) is 0.400. The van der Waals surface area contributed by atoms with Crippen molar-refractivity contribution in [3.05, 3.63) is 53.4 Å². The van der Waals surface area contributed by atoms with Crippen molar-refractivity contribution in [1.82, 2.24) is 15.0 Å². The lowest BCUT2D eigenvalue weighted by Crippen LogP contribution is -2.48. The molecule has 2 aromatic carbocycles. The molecule has 36 heavy (non-hydrogen) atoms. The van der Waals surface area contributed by atoms with Crippen molar-refractivity contribution < 1.29 is 36.7 Å². The van der Waals surface area contributed by atoms with Gasteiger partial charge in [0.25, 0.3) is 5.91 Å². The molecule has 8 nitrogen and oxygen atoms in total. The van der Waals surface area contributed by atoms with Crippen LogP contribution in [0.2, 0.25) is 0 Å². The number of hydrogen-bond acceptors (Lipinski definition) is 7. The maximum atomic E-state index is 13.1. The minimum absolute atomic E-state index is 0.0649. The van der Waals surface area contributed by atoms with Gasteiger partial charge in [-0.1, -0.05) is 17.3 Å². The summed E-state index contributed by atoms with van der Waals surface area (Å²) in [4.78, 5) is 19.0. The van der Waals surface area contributed by atoms with Crippen LogP contribution in [-0.4, -0.2) is 53.9 Å². The number of alkyl halides is 3. The zero-order valence-corrected chi connectivity index (χ0v) is 20.1. The highest BCUT2D eigenvalue weighted by atomic mass is 19.4. The van der Waals surface area contributed by atoms with E-state index >= 15 is 0 Å². The van der Waals surface area contributed by atoms with Gasteiger partial charge < -0.3 is 23.6 Å². The summed E-state index contributed by atoms with van der Waals surface area (Å²) in [6.45, 7) is 7.36. The minimum atomic E-state index is -4.47. The second-order valence-electron chi connectivity index (χ2n) is 8.04. The molecule has 0 bridgehead atoms. The Morgan fingerprint density at radius 3 is 2.25 bits per heavy atom. The Morgan fingerprint density at radius 2 is 1.67 bits per heavy atom. The van der Waals surface area contributed by atoms with E-state index in [2.05, 4.69) is 10.1 Å². The van der Waals surface area contributed by atoms with Crippen LogP contribution in [0.15, 0.2) is 40.9 Å². The monoisotopic (exact) mass is 505 g/mol. The average molecular weight is 505 g/mol. The summed E-state index contributed by atoms with van der Waals surface area (Å²) in [5.41, 5.74) is -0.202. The van der Waals surface area contributed by atoms with Crippen molar-refractivity contribution in [2.45, 2.75) is 32.9 Å². The van der Waals surface area contributed by atoms with E-state index in [1.54, 1.807) is 17.0 Å². The molecule has 0 N–H and O–H groups in total. The van der Waals surface area contributed by atoms with Gasteiger partial charge in [0.05, 0.1) is 31.3 Å². The quantitative estimate of drug-likeness (QED) is 0.396. The smallest absolute Gasteiger partial charge is 0.416 e. The Kier molecular flexibility index (Phi) is 7.37. The van der Waals surface area contributed by atoms with Gasteiger partial charge in [0, 0.05) is 24.2 Å². The molecule has 1 aliphatic heterocycles. The van der Waals surface area contributed by atoms with Gasteiger partial charge in [0.2, 0.25) is 17.5 Å². The molecule has 1 amide bonds. The molecule has 0 aliphatic carbocycles. The molecule has 1 aromatic heterocycles. The molecule has 2 heterocycles. The highest BCUT2D eigenvalue weighted by Gasteiger charge is 2.37. The van der Waals surface area contributed by atoms with Crippen LogP contribution >= 0.6 is 0 Å². The Balaban J connectivity index is 1.48. The second-order valence-corrected chi connectivity index (χ2v) is 8.04. The molecule has 3 aromatic rings. The lowest BCUT2D eigenvalue weighted by Gasteiger charge is -2.37.